The molecular formula is C15H25N3O3. The molecule has 0 bridgehead atoms. The van der Waals surface area contributed by atoms with Crippen molar-refractivity contribution >= 4 is 11.9 Å². The van der Waals surface area contributed by atoms with Crippen LogP contribution in [0.3, 0.4) is 0 Å². The number of hydrogen-bond donors (Lipinski definition) is 1. The monoisotopic (exact) mass is 295 g/mol. The highest BCUT2D eigenvalue weighted by molar-refractivity contribution is 5.81. The molecule has 0 radical (unpaired) electrons. The molecule has 3 aliphatic rings. The third-order valence-electron chi connectivity index (χ3n) is 5.08. The van der Waals surface area contributed by atoms with Crippen molar-refractivity contribution in [2.75, 3.05) is 40.3 Å². The standard InChI is InChI=1S/C15H25N3O3/c1-16(2)14(20)17-7-5-11(6-8-17)13(19)18-9-15(21,10-18)12-3-4-12/h11-12,21H,3-10H2,1-2H3. The van der Waals surface area contributed by atoms with Gasteiger partial charge < -0.3 is 19.8 Å². The minimum atomic E-state index is -0.600. The number of β-amino-alcohol motifs (C(OH)–C–C–N with tert-alkyl or cyclic N) is 1. The van der Waals surface area contributed by atoms with E-state index < -0.39 is 5.60 Å². The SMILES string of the molecule is CN(C)C(=O)N1CCC(C(=O)N2CC(O)(C3CC3)C2)CC1. The number of nitrogens with zero attached hydrogens (tertiary/aromatic N) is 3. The quantitative estimate of drug-likeness (QED) is 0.800. The summed E-state index contributed by atoms with van der Waals surface area (Å²) in [6, 6.07) is 0.0213. The largest absolute Gasteiger partial charge is 0.386 e. The Morgan fingerprint density at radius 3 is 2.10 bits per heavy atom. The lowest BCUT2D eigenvalue weighted by Crippen LogP contribution is -2.66. The lowest BCUT2D eigenvalue weighted by atomic mass is 9.86. The van der Waals surface area contributed by atoms with Gasteiger partial charge in [0.15, 0.2) is 0 Å². The normalized spacial score (nSPS) is 25.5. The molecule has 21 heavy (non-hydrogen) atoms. The Balaban J connectivity index is 1.47. The Bertz CT molecular complexity index is 433. The van der Waals surface area contributed by atoms with Gasteiger partial charge in [-0.05, 0) is 31.6 Å². The molecule has 0 atom stereocenters. The van der Waals surface area contributed by atoms with Gasteiger partial charge in [-0.15, -0.1) is 0 Å². The smallest absolute Gasteiger partial charge is 0.319 e. The van der Waals surface area contributed by atoms with Crippen LogP contribution in [0.4, 0.5) is 4.79 Å². The van der Waals surface area contributed by atoms with Crippen LogP contribution in [0.2, 0.25) is 0 Å². The number of likely N-dealkylation sites (tertiary alicyclic amines) is 2. The molecule has 6 heteroatoms. The number of carbonyl (C=O) groups is 2. The van der Waals surface area contributed by atoms with E-state index in [1.807, 2.05) is 0 Å². The summed E-state index contributed by atoms with van der Waals surface area (Å²) in [5.74, 6) is 0.596. The van der Waals surface area contributed by atoms with Crippen LogP contribution in [-0.4, -0.2) is 77.6 Å². The van der Waals surface area contributed by atoms with E-state index in [4.69, 9.17) is 0 Å². The number of carbonyl (C=O) groups excluding carboxylic acids is 2. The lowest BCUT2D eigenvalue weighted by molar-refractivity contribution is -0.164. The summed E-state index contributed by atoms with van der Waals surface area (Å²) in [5, 5.41) is 10.3. The molecule has 1 saturated carbocycles. The maximum Gasteiger partial charge on any atom is 0.319 e. The first-order valence-electron chi connectivity index (χ1n) is 7.88. The van der Waals surface area contributed by atoms with Crippen LogP contribution in [0.15, 0.2) is 0 Å². The molecule has 0 aromatic carbocycles. The predicted molar refractivity (Wildman–Crippen MR) is 77.6 cm³/mol. The average molecular weight is 295 g/mol. The van der Waals surface area contributed by atoms with Gasteiger partial charge in [-0.25, -0.2) is 4.79 Å². The molecule has 3 amide bonds. The van der Waals surface area contributed by atoms with Crippen LogP contribution in [0.1, 0.15) is 25.7 Å². The predicted octanol–water partition coefficient (Wildman–Crippen LogP) is 0.363. The molecule has 0 spiro atoms. The Hall–Kier alpha value is -1.30. The fourth-order valence-electron chi connectivity index (χ4n) is 3.51. The number of amides is 3. The highest BCUT2D eigenvalue weighted by Crippen LogP contribution is 2.45. The van der Waals surface area contributed by atoms with Gasteiger partial charge in [0.25, 0.3) is 0 Å². The zero-order chi connectivity index (χ0) is 15.2. The highest BCUT2D eigenvalue weighted by atomic mass is 16.3. The zero-order valence-electron chi connectivity index (χ0n) is 12.9. The minimum absolute atomic E-state index is 0.0139. The van der Waals surface area contributed by atoms with Gasteiger partial charge in [-0.1, -0.05) is 0 Å². The molecule has 6 nitrogen and oxygen atoms in total. The van der Waals surface area contributed by atoms with E-state index in [9.17, 15) is 14.7 Å². The van der Waals surface area contributed by atoms with Crippen LogP contribution >= 0.6 is 0 Å². The summed E-state index contributed by atoms with van der Waals surface area (Å²) in [7, 11) is 3.50. The van der Waals surface area contributed by atoms with Crippen molar-refractivity contribution < 1.29 is 14.7 Å². The van der Waals surface area contributed by atoms with Crippen LogP contribution in [-0.2, 0) is 4.79 Å². The van der Waals surface area contributed by atoms with Crippen molar-refractivity contribution in [3.63, 3.8) is 0 Å². The first kappa shape index (κ1) is 14.6. The highest BCUT2D eigenvalue weighted by Gasteiger charge is 2.53. The Morgan fingerprint density at radius 1 is 1.05 bits per heavy atom. The molecule has 2 heterocycles. The molecule has 0 unspecified atom stereocenters. The lowest BCUT2D eigenvalue weighted by Gasteiger charge is -2.48. The van der Waals surface area contributed by atoms with Gasteiger partial charge in [0.2, 0.25) is 5.91 Å². The number of aliphatic hydroxyl groups is 1. The second-order valence-electron chi connectivity index (χ2n) is 7.01. The fraction of sp³-hybridized carbons (Fsp3) is 0.867. The third-order valence-corrected chi connectivity index (χ3v) is 5.08. The molecule has 2 saturated heterocycles. The van der Waals surface area contributed by atoms with Gasteiger partial charge in [0.05, 0.1) is 13.1 Å². The zero-order valence-corrected chi connectivity index (χ0v) is 12.9. The molecule has 0 aromatic heterocycles. The minimum Gasteiger partial charge on any atom is -0.386 e. The first-order chi connectivity index (χ1) is 9.90. The van der Waals surface area contributed by atoms with Crippen LogP contribution in [0.5, 0.6) is 0 Å². The molecule has 2 aliphatic heterocycles. The van der Waals surface area contributed by atoms with Crippen molar-refractivity contribution in [3.8, 4) is 0 Å². The number of hydrogen-bond acceptors (Lipinski definition) is 3. The van der Waals surface area contributed by atoms with Crippen molar-refractivity contribution in [1.82, 2.24) is 14.7 Å². The molecule has 0 aromatic rings. The van der Waals surface area contributed by atoms with Crippen molar-refractivity contribution in [2.45, 2.75) is 31.3 Å². The second kappa shape index (κ2) is 5.16. The second-order valence-corrected chi connectivity index (χ2v) is 7.01. The average Bonchev–Trinajstić information content (AvgIpc) is 3.27. The summed E-state index contributed by atoms with van der Waals surface area (Å²) >= 11 is 0. The fourth-order valence-corrected chi connectivity index (χ4v) is 3.51. The van der Waals surface area contributed by atoms with E-state index in [0.717, 1.165) is 25.7 Å². The topological polar surface area (TPSA) is 64.1 Å². The molecule has 3 rings (SSSR count). The molecule has 1 N–H and O–H groups in total. The summed E-state index contributed by atoms with van der Waals surface area (Å²) in [6.45, 7) is 2.31. The van der Waals surface area contributed by atoms with E-state index in [2.05, 4.69) is 0 Å². The van der Waals surface area contributed by atoms with Crippen LogP contribution < -0.4 is 0 Å². The molecule has 3 fully saturated rings. The summed E-state index contributed by atoms with van der Waals surface area (Å²) < 4.78 is 0. The number of rotatable bonds is 2. The van der Waals surface area contributed by atoms with Gasteiger partial charge in [-0.2, -0.15) is 0 Å². The molecular weight excluding hydrogens is 270 g/mol. The summed E-state index contributed by atoms with van der Waals surface area (Å²) in [6.07, 6.45) is 3.67. The van der Waals surface area contributed by atoms with Crippen molar-refractivity contribution in [2.24, 2.45) is 11.8 Å². The first-order valence-corrected chi connectivity index (χ1v) is 7.88. The number of urea groups is 1. The van der Waals surface area contributed by atoms with E-state index in [1.54, 1.807) is 28.8 Å². The van der Waals surface area contributed by atoms with Crippen LogP contribution in [0.25, 0.3) is 0 Å². The van der Waals surface area contributed by atoms with E-state index in [0.29, 0.717) is 32.1 Å². The summed E-state index contributed by atoms with van der Waals surface area (Å²) in [5.41, 5.74) is -0.600. The summed E-state index contributed by atoms with van der Waals surface area (Å²) in [4.78, 5) is 29.5. The van der Waals surface area contributed by atoms with E-state index >= 15 is 0 Å². The van der Waals surface area contributed by atoms with Gasteiger partial charge >= 0.3 is 6.03 Å². The van der Waals surface area contributed by atoms with E-state index in [1.165, 1.54) is 0 Å². The van der Waals surface area contributed by atoms with Gasteiger partial charge in [0.1, 0.15) is 5.60 Å². The Morgan fingerprint density at radius 2 is 1.62 bits per heavy atom. The number of piperidine rings is 1. The molecule has 1 aliphatic carbocycles. The van der Waals surface area contributed by atoms with Crippen LogP contribution in [0, 0.1) is 11.8 Å². The van der Waals surface area contributed by atoms with Gasteiger partial charge in [0, 0.05) is 33.1 Å². The van der Waals surface area contributed by atoms with E-state index in [-0.39, 0.29) is 17.9 Å². The maximum atomic E-state index is 12.4. The Kier molecular flexibility index (Phi) is 3.59. The van der Waals surface area contributed by atoms with Gasteiger partial charge in [-0.3, -0.25) is 4.79 Å². The molecule has 118 valence electrons. The third kappa shape index (κ3) is 2.73. The van der Waals surface area contributed by atoms with Crippen molar-refractivity contribution in [1.29, 1.82) is 0 Å². The Labute approximate surface area is 125 Å². The van der Waals surface area contributed by atoms with Crippen molar-refractivity contribution in [3.05, 3.63) is 0 Å². The maximum absolute atomic E-state index is 12.4.